The molecule has 0 fully saturated rings. The minimum atomic E-state index is 0.894. The Labute approximate surface area is 139 Å². The van der Waals surface area contributed by atoms with Gasteiger partial charge in [0.2, 0.25) is 0 Å². The molecule has 0 aliphatic carbocycles. The Kier molecular flexibility index (Phi) is 3.39. The molecule has 3 heterocycles. The van der Waals surface area contributed by atoms with Gasteiger partial charge in [0.05, 0.1) is 5.52 Å². The first-order chi connectivity index (χ1) is 11.2. The highest BCUT2D eigenvalue weighted by Gasteiger charge is 2.12. The van der Waals surface area contributed by atoms with Gasteiger partial charge in [-0.25, -0.2) is 4.98 Å². The normalized spacial score (nSPS) is 11.0. The predicted octanol–water partition coefficient (Wildman–Crippen LogP) is 5.35. The van der Waals surface area contributed by atoms with Crippen LogP contribution in [0.15, 0.2) is 59.4 Å². The summed E-state index contributed by atoms with van der Waals surface area (Å²) in [7, 11) is 2.10. The van der Waals surface area contributed by atoms with Crippen molar-refractivity contribution in [3.05, 3.63) is 65.0 Å². The number of aromatic nitrogens is 2. The standard InChI is InChI=1S/C19H17N3S/c1-13-4-3-5-15(10-13)21-19-16-11-18(14-7-9-23-12-14)22(2)17(16)6-8-20-19/h3-12H,1-2H3,(H,20,21). The van der Waals surface area contributed by atoms with E-state index in [9.17, 15) is 0 Å². The van der Waals surface area contributed by atoms with E-state index in [1.807, 2.05) is 6.20 Å². The molecule has 0 amide bonds. The van der Waals surface area contributed by atoms with Crippen molar-refractivity contribution < 1.29 is 0 Å². The molecule has 4 aromatic rings. The number of hydrogen-bond acceptors (Lipinski definition) is 3. The van der Waals surface area contributed by atoms with Crippen LogP contribution in [0.1, 0.15) is 5.56 Å². The first-order valence-corrected chi connectivity index (χ1v) is 8.47. The number of nitrogens with one attached hydrogen (secondary N) is 1. The van der Waals surface area contributed by atoms with E-state index in [0.717, 1.165) is 16.9 Å². The molecule has 1 N–H and O–H groups in total. The number of rotatable bonds is 3. The van der Waals surface area contributed by atoms with Gasteiger partial charge in [0.25, 0.3) is 0 Å². The van der Waals surface area contributed by atoms with E-state index < -0.39 is 0 Å². The summed E-state index contributed by atoms with van der Waals surface area (Å²) in [6.07, 6.45) is 1.86. The second-order valence-electron chi connectivity index (χ2n) is 5.69. The second kappa shape index (κ2) is 5.56. The Morgan fingerprint density at radius 1 is 1.13 bits per heavy atom. The molecule has 0 saturated heterocycles. The van der Waals surface area contributed by atoms with Gasteiger partial charge in [0, 0.05) is 41.0 Å². The Hall–Kier alpha value is -2.59. The van der Waals surface area contributed by atoms with Crippen LogP contribution in [0.25, 0.3) is 22.2 Å². The van der Waals surface area contributed by atoms with Crippen LogP contribution in [0.4, 0.5) is 11.5 Å². The van der Waals surface area contributed by atoms with Crippen LogP contribution in [0.5, 0.6) is 0 Å². The van der Waals surface area contributed by atoms with Crippen LogP contribution >= 0.6 is 11.3 Å². The van der Waals surface area contributed by atoms with Gasteiger partial charge in [0.1, 0.15) is 5.82 Å². The number of pyridine rings is 1. The van der Waals surface area contributed by atoms with Crippen molar-refractivity contribution in [2.45, 2.75) is 6.92 Å². The van der Waals surface area contributed by atoms with Crippen molar-refractivity contribution in [1.82, 2.24) is 9.55 Å². The van der Waals surface area contributed by atoms with Gasteiger partial charge >= 0.3 is 0 Å². The van der Waals surface area contributed by atoms with Gasteiger partial charge in [-0.05, 0) is 48.2 Å². The topological polar surface area (TPSA) is 29.9 Å². The van der Waals surface area contributed by atoms with Crippen LogP contribution in [-0.4, -0.2) is 9.55 Å². The molecule has 0 radical (unpaired) electrons. The lowest BCUT2D eigenvalue weighted by atomic mass is 10.2. The molecule has 1 aromatic carbocycles. The summed E-state index contributed by atoms with van der Waals surface area (Å²) < 4.78 is 2.22. The van der Waals surface area contributed by atoms with Gasteiger partial charge in [-0.2, -0.15) is 11.3 Å². The highest BCUT2D eigenvalue weighted by molar-refractivity contribution is 7.08. The fraction of sp³-hybridized carbons (Fsp3) is 0.105. The molecule has 3 aromatic heterocycles. The molecule has 0 bridgehead atoms. The smallest absolute Gasteiger partial charge is 0.139 e. The Morgan fingerprint density at radius 3 is 2.83 bits per heavy atom. The minimum absolute atomic E-state index is 0.894. The molecule has 4 rings (SSSR count). The summed E-state index contributed by atoms with van der Waals surface area (Å²) >= 11 is 1.72. The number of anilines is 2. The van der Waals surface area contributed by atoms with Gasteiger partial charge < -0.3 is 9.88 Å². The molecule has 114 valence electrons. The molecular weight excluding hydrogens is 302 g/mol. The van der Waals surface area contributed by atoms with E-state index in [0.29, 0.717) is 0 Å². The predicted molar refractivity (Wildman–Crippen MR) is 98.5 cm³/mol. The summed E-state index contributed by atoms with van der Waals surface area (Å²) in [6.45, 7) is 2.09. The average molecular weight is 319 g/mol. The molecule has 0 aliphatic rings. The quantitative estimate of drug-likeness (QED) is 0.551. The third-order valence-electron chi connectivity index (χ3n) is 4.07. The molecule has 0 spiro atoms. The average Bonchev–Trinajstić information content (AvgIpc) is 3.17. The Balaban J connectivity index is 1.83. The molecule has 0 aliphatic heterocycles. The zero-order valence-corrected chi connectivity index (χ0v) is 13.9. The Morgan fingerprint density at radius 2 is 2.04 bits per heavy atom. The lowest BCUT2D eigenvalue weighted by Gasteiger charge is -2.08. The van der Waals surface area contributed by atoms with Crippen molar-refractivity contribution in [1.29, 1.82) is 0 Å². The first kappa shape index (κ1) is 14.0. The molecule has 3 nitrogen and oxygen atoms in total. The maximum Gasteiger partial charge on any atom is 0.139 e. The number of aryl methyl sites for hydroxylation is 2. The monoisotopic (exact) mass is 319 g/mol. The third-order valence-corrected chi connectivity index (χ3v) is 4.75. The van der Waals surface area contributed by atoms with Gasteiger partial charge in [0.15, 0.2) is 0 Å². The number of hydrogen-bond donors (Lipinski definition) is 1. The second-order valence-corrected chi connectivity index (χ2v) is 6.47. The van der Waals surface area contributed by atoms with E-state index in [4.69, 9.17) is 0 Å². The molecule has 0 unspecified atom stereocenters. The van der Waals surface area contributed by atoms with E-state index in [1.165, 1.54) is 22.3 Å². The van der Waals surface area contributed by atoms with Crippen LogP contribution < -0.4 is 5.32 Å². The minimum Gasteiger partial charge on any atom is -0.343 e. The lowest BCUT2D eigenvalue weighted by Crippen LogP contribution is -1.95. The number of benzene rings is 1. The number of nitrogens with zero attached hydrogens (tertiary/aromatic N) is 2. The molecule has 4 heteroatoms. The van der Waals surface area contributed by atoms with Gasteiger partial charge in [-0.1, -0.05) is 12.1 Å². The van der Waals surface area contributed by atoms with Gasteiger partial charge in [-0.3, -0.25) is 0 Å². The highest BCUT2D eigenvalue weighted by atomic mass is 32.1. The molecule has 23 heavy (non-hydrogen) atoms. The summed E-state index contributed by atoms with van der Waals surface area (Å²) in [5.41, 5.74) is 5.92. The van der Waals surface area contributed by atoms with Crippen LogP contribution in [0.3, 0.4) is 0 Å². The van der Waals surface area contributed by atoms with E-state index in [-0.39, 0.29) is 0 Å². The highest BCUT2D eigenvalue weighted by Crippen LogP contribution is 2.32. The van der Waals surface area contributed by atoms with E-state index >= 15 is 0 Å². The van der Waals surface area contributed by atoms with Crippen molar-refractivity contribution in [3.8, 4) is 11.3 Å². The summed E-state index contributed by atoms with van der Waals surface area (Å²) in [5.74, 6) is 0.894. The van der Waals surface area contributed by atoms with Crippen molar-refractivity contribution >= 4 is 33.7 Å². The SMILES string of the molecule is Cc1cccc(Nc2nccc3c2cc(-c2ccsc2)n3C)c1. The van der Waals surface area contributed by atoms with Crippen molar-refractivity contribution in [3.63, 3.8) is 0 Å². The van der Waals surface area contributed by atoms with Crippen molar-refractivity contribution in [2.24, 2.45) is 7.05 Å². The fourth-order valence-electron chi connectivity index (χ4n) is 2.91. The first-order valence-electron chi connectivity index (χ1n) is 7.53. The lowest BCUT2D eigenvalue weighted by molar-refractivity contribution is 0.978. The maximum atomic E-state index is 4.55. The van der Waals surface area contributed by atoms with Crippen LogP contribution in [-0.2, 0) is 7.05 Å². The summed E-state index contributed by atoms with van der Waals surface area (Å²) in [4.78, 5) is 4.55. The maximum absolute atomic E-state index is 4.55. The molecule has 0 saturated carbocycles. The summed E-state index contributed by atoms with van der Waals surface area (Å²) in [5, 5.41) is 8.87. The van der Waals surface area contributed by atoms with Crippen LogP contribution in [0, 0.1) is 6.92 Å². The van der Waals surface area contributed by atoms with Crippen molar-refractivity contribution in [2.75, 3.05) is 5.32 Å². The number of fused-ring (bicyclic) bond motifs is 1. The summed E-state index contributed by atoms with van der Waals surface area (Å²) in [6, 6.07) is 14.8. The fourth-order valence-corrected chi connectivity index (χ4v) is 3.56. The van der Waals surface area contributed by atoms with Gasteiger partial charge in [-0.15, -0.1) is 0 Å². The zero-order chi connectivity index (χ0) is 15.8. The largest absolute Gasteiger partial charge is 0.343 e. The third kappa shape index (κ3) is 2.51. The van der Waals surface area contributed by atoms with E-state index in [2.05, 4.69) is 82.1 Å². The molecule has 0 atom stereocenters. The van der Waals surface area contributed by atoms with E-state index in [1.54, 1.807) is 11.3 Å². The molecular formula is C19H17N3S. The van der Waals surface area contributed by atoms with Crippen LogP contribution in [0.2, 0.25) is 0 Å². The number of thiophene rings is 1. The zero-order valence-electron chi connectivity index (χ0n) is 13.1. The Bertz CT molecular complexity index is 968.